The van der Waals surface area contributed by atoms with E-state index in [2.05, 4.69) is 16.7 Å². The first-order valence-electron chi connectivity index (χ1n) is 12.1. The number of hydrogen-bond donors (Lipinski definition) is 2. The van der Waals surface area contributed by atoms with Crippen LogP contribution in [0.2, 0.25) is 0 Å². The van der Waals surface area contributed by atoms with Crippen LogP contribution in [0.1, 0.15) is 41.3 Å². The van der Waals surface area contributed by atoms with Crippen molar-refractivity contribution in [2.75, 3.05) is 23.8 Å². The molecule has 0 radical (unpaired) electrons. The SMILES string of the molecule is CCOC(=O)c1ccc(NC(=O)COC(=O)CCC(=O)Nc2ccc(Oc3cc(C)cc(C)c3)cc2)cc1. The number of rotatable bonds is 11. The Morgan fingerprint density at radius 1 is 0.684 bits per heavy atom. The Kier molecular flexibility index (Phi) is 9.99. The van der Waals surface area contributed by atoms with Gasteiger partial charge in [0.2, 0.25) is 5.91 Å². The summed E-state index contributed by atoms with van der Waals surface area (Å²) >= 11 is 0. The molecule has 3 rings (SSSR count). The molecular formula is C29H30N2O7. The number of ether oxygens (including phenoxy) is 3. The quantitative estimate of drug-likeness (QED) is 0.336. The number of nitrogens with one attached hydrogen (secondary N) is 2. The lowest BCUT2D eigenvalue weighted by Gasteiger charge is -2.10. The Morgan fingerprint density at radius 3 is 1.87 bits per heavy atom. The fourth-order valence-corrected chi connectivity index (χ4v) is 3.49. The molecule has 2 amide bonds. The van der Waals surface area contributed by atoms with Gasteiger partial charge in [0.15, 0.2) is 6.61 Å². The van der Waals surface area contributed by atoms with Crippen molar-refractivity contribution in [3.8, 4) is 11.5 Å². The Hall–Kier alpha value is -4.66. The number of carbonyl (C=O) groups is 4. The van der Waals surface area contributed by atoms with Gasteiger partial charge in [0, 0.05) is 17.8 Å². The molecule has 198 valence electrons. The Bertz CT molecular complexity index is 1270. The number of benzene rings is 3. The van der Waals surface area contributed by atoms with Crippen LogP contribution in [0.15, 0.2) is 66.7 Å². The smallest absolute Gasteiger partial charge is 0.338 e. The van der Waals surface area contributed by atoms with Crippen molar-refractivity contribution in [1.29, 1.82) is 0 Å². The topological polar surface area (TPSA) is 120 Å². The molecule has 0 atom stereocenters. The van der Waals surface area contributed by atoms with Gasteiger partial charge in [-0.15, -0.1) is 0 Å². The highest BCUT2D eigenvalue weighted by molar-refractivity contribution is 5.95. The maximum atomic E-state index is 12.2. The standard InChI is InChI=1S/C29H30N2O7/c1-4-36-29(35)21-5-7-22(8-6-21)31-27(33)18-37-28(34)14-13-26(32)30-23-9-11-24(12-10-23)38-25-16-19(2)15-20(3)17-25/h5-12,15-17H,4,13-14,18H2,1-3H3,(H,30,32)(H,31,33). The molecule has 0 saturated heterocycles. The molecule has 0 heterocycles. The minimum Gasteiger partial charge on any atom is -0.462 e. The molecule has 0 spiro atoms. The summed E-state index contributed by atoms with van der Waals surface area (Å²) in [5.41, 5.74) is 3.56. The summed E-state index contributed by atoms with van der Waals surface area (Å²) in [5.74, 6) is -0.679. The Balaban J connectivity index is 1.36. The van der Waals surface area contributed by atoms with E-state index in [0.717, 1.165) is 16.9 Å². The maximum absolute atomic E-state index is 12.2. The summed E-state index contributed by atoms with van der Waals surface area (Å²) in [5, 5.41) is 5.27. The highest BCUT2D eigenvalue weighted by atomic mass is 16.5. The van der Waals surface area contributed by atoms with Crippen molar-refractivity contribution >= 4 is 35.1 Å². The Labute approximate surface area is 221 Å². The van der Waals surface area contributed by atoms with Gasteiger partial charge in [-0.2, -0.15) is 0 Å². The number of aryl methyl sites for hydroxylation is 2. The molecule has 0 aliphatic carbocycles. The zero-order valence-corrected chi connectivity index (χ0v) is 21.5. The summed E-state index contributed by atoms with van der Waals surface area (Å²) in [7, 11) is 0. The van der Waals surface area contributed by atoms with Crippen LogP contribution in [0.4, 0.5) is 11.4 Å². The van der Waals surface area contributed by atoms with Gasteiger partial charge in [0.25, 0.3) is 5.91 Å². The number of carbonyl (C=O) groups excluding carboxylic acids is 4. The van der Waals surface area contributed by atoms with Crippen molar-refractivity contribution in [3.05, 3.63) is 83.4 Å². The van der Waals surface area contributed by atoms with Crippen LogP contribution in [-0.2, 0) is 23.9 Å². The summed E-state index contributed by atoms with van der Waals surface area (Å²) in [6, 6.07) is 19.0. The first-order valence-corrected chi connectivity index (χ1v) is 12.1. The average Bonchev–Trinajstić information content (AvgIpc) is 2.87. The van der Waals surface area contributed by atoms with Crippen molar-refractivity contribution in [2.45, 2.75) is 33.6 Å². The highest BCUT2D eigenvalue weighted by Gasteiger charge is 2.12. The second-order valence-electron chi connectivity index (χ2n) is 8.50. The van der Waals surface area contributed by atoms with Crippen LogP contribution < -0.4 is 15.4 Å². The third kappa shape index (κ3) is 9.09. The minimum absolute atomic E-state index is 0.101. The molecule has 3 aromatic rings. The number of hydrogen-bond acceptors (Lipinski definition) is 7. The van der Waals surface area contributed by atoms with Crippen molar-refractivity contribution in [3.63, 3.8) is 0 Å². The van der Waals surface area contributed by atoms with Gasteiger partial charge in [-0.25, -0.2) is 4.79 Å². The van der Waals surface area contributed by atoms with Crippen LogP contribution >= 0.6 is 0 Å². The summed E-state index contributed by atoms with van der Waals surface area (Å²) in [4.78, 5) is 47.8. The van der Waals surface area contributed by atoms with E-state index in [4.69, 9.17) is 14.2 Å². The van der Waals surface area contributed by atoms with E-state index in [-0.39, 0.29) is 25.4 Å². The van der Waals surface area contributed by atoms with Gasteiger partial charge < -0.3 is 24.8 Å². The zero-order valence-electron chi connectivity index (χ0n) is 21.5. The number of amides is 2. The van der Waals surface area contributed by atoms with Gasteiger partial charge in [0.05, 0.1) is 18.6 Å². The molecule has 0 fully saturated rings. The maximum Gasteiger partial charge on any atom is 0.338 e. The number of esters is 2. The molecule has 3 aromatic carbocycles. The Morgan fingerprint density at radius 2 is 1.26 bits per heavy atom. The first-order chi connectivity index (χ1) is 18.2. The van der Waals surface area contributed by atoms with E-state index in [1.165, 1.54) is 12.1 Å². The molecule has 38 heavy (non-hydrogen) atoms. The largest absolute Gasteiger partial charge is 0.462 e. The third-order valence-corrected chi connectivity index (χ3v) is 5.17. The first kappa shape index (κ1) is 27.9. The van der Waals surface area contributed by atoms with Crippen LogP contribution in [0, 0.1) is 13.8 Å². The van der Waals surface area contributed by atoms with Crippen LogP contribution in [-0.4, -0.2) is 37.0 Å². The lowest BCUT2D eigenvalue weighted by Crippen LogP contribution is -2.21. The van der Waals surface area contributed by atoms with E-state index < -0.39 is 24.5 Å². The van der Waals surface area contributed by atoms with E-state index in [9.17, 15) is 19.2 Å². The molecule has 0 unspecified atom stereocenters. The van der Waals surface area contributed by atoms with Crippen LogP contribution in [0.25, 0.3) is 0 Å². The van der Waals surface area contributed by atoms with Gasteiger partial charge in [-0.1, -0.05) is 6.07 Å². The molecule has 2 N–H and O–H groups in total. The highest BCUT2D eigenvalue weighted by Crippen LogP contribution is 2.25. The molecule has 0 aliphatic heterocycles. The van der Waals surface area contributed by atoms with Gasteiger partial charge in [0.1, 0.15) is 11.5 Å². The predicted molar refractivity (Wildman–Crippen MR) is 142 cm³/mol. The summed E-state index contributed by atoms with van der Waals surface area (Å²) in [6.07, 6.45) is -0.280. The molecule has 9 heteroatoms. The van der Waals surface area contributed by atoms with Gasteiger partial charge >= 0.3 is 11.9 Å². The predicted octanol–water partition coefficient (Wildman–Crippen LogP) is 5.17. The molecule has 9 nitrogen and oxygen atoms in total. The van der Waals surface area contributed by atoms with Crippen molar-refractivity contribution in [2.24, 2.45) is 0 Å². The second-order valence-corrected chi connectivity index (χ2v) is 8.50. The van der Waals surface area contributed by atoms with E-state index in [0.29, 0.717) is 22.7 Å². The molecule has 0 aromatic heterocycles. The lowest BCUT2D eigenvalue weighted by atomic mass is 10.1. The van der Waals surface area contributed by atoms with E-state index in [1.54, 1.807) is 43.3 Å². The fraction of sp³-hybridized carbons (Fsp3) is 0.241. The molecule has 0 aliphatic rings. The normalized spacial score (nSPS) is 10.3. The fourth-order valence-electron chi connectivity index (χ4n) is 3.49. The van der Waals surface area contributed by atoms with Crippen molar-refractivity contribution < 1.29 is 33.4 Å². The average molecular weight is 519 g/mol. The third-order valence-electron chi connectivity index (χ3n) is 5.17. The van der Waals surface area contributed by atoms with Gasteiger partial charge in [-0.3, -0.25) is 14.4 Å². The van der Waals surface area contributed by atoms with Crippen molar-refractivity contribution in [1.82, 2.24) is 0 Å². The summed E-state index contributed by atoms with van der Waals surface area (Å²) < 4.78 is 15.7. The van der Waals surface area contributed by atoms with E-state index >= 15 is 0 Å². The summed E-state index contributed by atoms with van der Waals surface area (Å²) in [6.45, 7) is 5.48. The van der Waals surface area contributed by atoms with Gasteiger partial charge in [-0.05, 0) is 92.6 Å². The second kappa shape index (κ2) is 13.6. The van der Waals surface area contributed by atoms with E-state index in [1.807, 2.05) is 26.0 Å². The molecule has 0 saturated carbocycles. The minimum atomic E-state index is -0.676. The van der Waals surface area contributed by atoms with Crippen LogP contribution in [0.5, 0.6) is 11.5 Å². The number of anilines is 2. The molecule has 0 bridgehead atoms. The van der Waals surface area contributed by atoms with Crippen LogP contribution in [0.3, 0.4) is 0 Å². The zero-order chi connectivity index (χ0) is 27.5. The molecular weight excluding hydrogens is 488 g/mol. The lowest BCUT2D eigenvalue weighted by molar-refractivity contribution is -0.147. The monoisotopic (exact) mass is 518 g/mol.